The van der Waals surface area contributed by atoms with E-state index in [1.807, 2.05) is 0 Å². The highest BCUT2D eigenvalue weighted by Gasteiger charge is 2.50. The molecule has 0 amide bonds. The van der Waals surface area contributed by atoms with Crippen molar-refractivity contribution in [3.63, 3.8) is 0 Å². The van der Waals surface area contributed by atoms with E-state index in [4.69, 9.17) is 0 Å². The zero-order valence-electron chi connectivity index (χ0n) is 11.9. The van der Waals surface area contributed by atoms with Crippen LogP contribution in [0.15, 0.2) is 54.6 Å². The fourth-order valence-corrected chi connectivity index (χ4v) is 3.15. The molecule has 0 saturated heterocycles. The summed E-state index contributed by atoms with van der Waals surface area (Å²) in [6, 6.07) is 20.0. The van der Waals surface area contributed by atoms with Crippen LogP contribution in [0.1, 0.15) is 36.5 Å². The lowest BCUT2D eigenvalue weighted by molar-refractivity contribution is 0.612. The van der Waals surface area contributed by atoms with E-state index >= 15 is 0 Å². The summed E-state index contributed by atoms with van der Waals surface area (Å²) in [6.45, 7) is 4.58. The van der Waals surface area contributed by atoms with Crippen LogP contribution < -0.4 is 0 Å². The fourth-order valence-electron chi connectivity index (χ4n) is 3.15. The van der Waals surface area contributed by atoms with Crippen molar-refractivity contribution < 1.29 is 0 Å². The smallest absolute Gasteiger partial charge is 0.00436 e. The van der Waals surface area contributed by atoms with Gasteiger partial charge < -0.3 is 0 Å². The van der Waals surface area contributed by atoms with Gasteiger partial charge in [-0.2, -0.15) is 0 Å². The first-order chi connectivity index (χ1) is 9.18. The number of aryl methyl sites for hydroxylation is 2. The second-order valence-electron chi connectivity index (χ2n) is 6.21. The normalized spacial score (nSPS) is 25.3. The van der Waals surface area contributed by atoms with Crippen molar-refractivity contribution in [3.05, 3.63) is 71.3 Å². The van der Waals surface area contributed by atoms with E-state index in [1.54, 1.807) is 0 Å². The molecule has 0 aliphatic heterocycles. The van der Waals surface area contributed by atoms with E-state index in [9.17, 15) is 0 Å². The van der Waals surface area contributed by atoms with Gasteiger partial charge in [0.2, 0.25) is 0 Å². The van der Waals surface area contributed by atoms with Gasteiger partial charge in [0.15, 0.2) is 0 Å². The van der Waals surface area contributed by atoms with E-state index in [1.165, 1.54) is 36.0 Å². The molecule has 0 radical (unpaired) electrons. The standard InChI is InChI=1S/C19H22/c1-15-8-11-17(12-9-15)19(2)14-18(19)13-10-16-6-4-3-5-7-16/h3-9,11-12,18H,10,13-14H2,1-2H3/t18-,19+/m0/s1. The third-order valence-electron chi connectivity index (χ3n) is 4.75. The molecule has 1 aliphatic carbocycles. The predicted octanol–water partition coefficient (Wildman–Crippen LogP) is 4.91. The van der Waals surface area contributed by atoms with E-state index in [2.05, 4.69) is 68.4 Å². The largest absolute Gasteiger partial charge is 0.0622 e. The van der Waals surface area contributed by atoms with E-state index in [-0.39, 0.29) is 0 Å². The SMILES string of the molecule is Cc1ccc([C@@]2(C)C[C@@H]2CCc2ccccc2)cc1. The first-order valence-electron chi connectivity index (χ1n) is 7.29. The molecule has 0 heteroatoms. The monoisotopic (exact) mass is 250 g/mol. The second kappa shape index (κ2) is 4.85. The highest BCUT2D eigenvalue weighted by atomic mass is 14.5. The van der Waals surface area contributed by atoms with Crippen molar-refractivity contribution in [2.24, 2.45) is 5.92 Å². The Kier molecular flexibility index (Phi) is 3.18. The molecule has 2 aromatic rings. The highest BCUT2D eigenvalue weighted by Crippen LogP contribution is 2.56. The minimum Gasteiger partial charge on any atom is -0.0622 e. The van der Waals surface area contributed by atoms with Gasteiger partial charge in [0.25, 0.3) is 0 Å². The molecule has 0 spiro atoms. The summed E-state index contributed by atoms with van der Waals surface area (Å²) in [5.41, 5.74) is 4.79. The molecule has 2 aromatic carbocycles. The van der Waals surface area contributed by atoms with Crippen molar-refractivity contribution in [2.45, 2.75) is 38.5 Å². The first-order valence-corrected chi connectivity index (χ1v) is 7.29. The van der Waals surface area contributed by atoms with Gasteiger partial charge in [-0.25, -0.2) is 0 Å². The Bertz CT molecular complexity index is 538. The predicted molar refractivity (Wildman–Crippen MR) is 81.4 cm³/mol. The zero-order valence-corrected chi connectivity index (χ0v) is 11.9. The summed E-state index contributed by atoms with van der Waals surface area (Å²) in [4.78, 5) is 0. The molecular formula is C19H22. The molecule has 0 bridgehead atoms. The molecule has 0 heterocycles. The van der Waals surface area contributed by atoms with Crippen LogP contribution in [0.25, 0.3) is 0 Å². The number of hydrogen-bond donors (Lipinski definition) is 0. The van der Waals surface area contributed by atoms with Crippen LogP contribution in [0.2, 0.25) is 0 Å². The maximum absolute atomic E-state index is 2.42. The molecule has 1 fully saturated rings. The molecule has 1 saturated carbocycles. The number of rotatable bonds is 4. The van der Waals surface area contributed by atoms with E-state index in [0.717, 1.165) is 5.92 Å². The molecule has 0 aromatic heterocycles. The summed E-state index contributed by atoms with van der Waals surface area (Å²) in [5, 5.41) is 0. The van der Waals surface area contributed by atoms with Crippen molar-refractivity contribution in [1.82, 2.24) is 0 Å². The van der Waals surface area contributed by atoms with Crippen LogP contribution in [-0.4, -0.2) is 0 Å². The van der Waals surface area contributed by atoms with Crippen LogP contribution in [0.3, 0.4) is 0 Å². The lowest BCUT2D eigenvalue weighted by Gasteiger charge is -2.12. The minimum absolute atomic E-state index is 0.433. The molecule has 0 nitrogen and oxygen atoms in total. The van der Waals surface area contributed by atoms with Crippen molar-refractivity contribution in [3.8, 4) is 0 Å². The quantitative estimate of drug-likeness (QED) is 0.723. The van der Waals surface area contributed by atoms with E-state index < -0.39 is 0 Å². The molecule has 3 rings (SSSR count). The Balaban J connectivity index is 1.62. The molecule has 0 N–H and O–H groups in total. The van der Waals surface area contributed by atoms with Gasteiger partial charge in [-0.15, -0.1) is 0 Å². The Hall–Kier alpha value is -1.56. The first kappa shape index (κ1) is 12.5. The lowest BCUT2D eigenvalue weighted by Crippen LogP contribution is -2.05. The molecular weight excluding hydrogens is 228 g/mol. The third kappa shape index (κ3) is 2.58. The van der Waals surface area contributed by atoms with Gasteiger partial charge in [0, 0.05) is 0 Å². The molecule has 1 aliphatic rings. The van der Waals surface area contributed by atoms with Gasteiger partial charge in [-0.1, -0.05) is 67.1 Å². The summed E-state index contributed by atoms with van der Waals surface area (Å²) in [6.07, 6.45) is 3.88. The van der Waals surface area contributed by atoms with Crippen molar-refractivity contribution in [2.75, 3.05) is 0 Å². The van der Waals surface area contributed by atoms with Crippen LogP contribution >= 0.6 is 0 Å². The fraction of sp³-hybridized carbons (Fsp3) is 0.368. The summed E-state index contributed by atoms with van der Waals surface area (Å²) >= 11 is 0. The Morgan fingerprint density at radius 1 is 1.00 bits per heavy atom. The van der Waals surface area contributed by atoms with Crippen LogP contribution in [-0.2, 0) is 11.8 Å². The average molecular weight is 250 g/mol. The van der Waals surface area contributed by atoms with Crippen LogP contribution in [0.5, 0.6) is 0 Å². The van der Waals surface area contributed by atoms with Gasteiger partial charge in [0.05, 0.1) is 0 Å². The Morgan fingerprint density at radius 2 is 1.68 bits per heavy atom. The average Bonchev–Trinajstić information content (AvgIpc) is 3.11. The highest BCUT2D eigenvalue weighted by molar-refractivity contribution is 5.34. The van der Waals surface area contributed by atoms with Gasteiger partial charge in [0.1, 0.15) is 0 Å². The summed E-state index contributed by atoms with van der Waals surface area (Å²) < 4.78 is 0. The Labute approximate surface area is 116 Å². The summed E-state index contributed by atoms with van der Waals surface area (Å²) in [5.74, 6) is 0.857. The molecule has 19 heavy (non-hydrogen) atoms. The third-order valence-corrected chi connectivity index (χ3v) is 4.75. The second-order valence-corrected chi connectivity index (χ2v) is 6.21. The minimum atomic E-state index is 0.433. The van der Waals surface area contributed by atoms with Crippen LogP contribution in [0.4, 0.5) is 0 Å². The number of benzene rings is 2. The lowest BCUT2D eigenvalue weighted by atomic mass is 9.92. The van der Waals surface area contributed by atoms with Crippen molar-refractivity contribution >= 4 is 0 Å². The topological polar surface area (TPSA) is 0 Å². The van der Waals surface area contributed by atoms with Gasteiger partial charge in [-0.05, 0) is 48.6 Å². The van der Waals surface area contributed by atoms with Gasteiger partial charge >= 0.3 is 0 Å². The number of hydrogen-bond acceptors (Lipinski definition) is 0. The maximum atomic E-state index is 2.42. The Morgan fingerprint density at radius 3 is 2.37 bits per heavy atom. The summed E-state index contributed by atoms with van der Waals surface area (Å²) in [7, 11) is 0. The van der Waals surface area contributed by atoms with Gasteiger partial charge in [-0.3, -0.25) is 0 Å². The molecule has 0 unspecified atom stereocenters. The van der Waals surface area contributed by atoms with E-state index in [0.29, 0.717) is 5.41 Å². The maximum Gasteiger partial charge on any atom is -0.00436 e. The molecule has 2 atom stereocenters. The van der Waals surface area contributed by atoms with Crippen LogP contribution in [0, 0.1) is 12.8 Å². The zero-order chi connectivity index (χ0) is 13.3. The van der Waals surface area contributed by atoms with Crippen molar-refractivity contribution in [1.29, 1.82) is 0 Å². The molecule has 98 valence electrons.